The van der Waals surface area contributed by atoms with Gasteiger partial charge in [-0.3, -0.25) is 4.79 Å². The number of nitrogens with one attached hydrogen (secondary N) is 2. The van der Waals surface area contributed by atoms with Crippen LogP contribution in [0.2, 0.25) is 0 Å². The average molecular weight is 378 g/mol. The maximum atomic E-state index is 12.5. The van der Waals surface area contributed by atoms with Gasteiger partial charge in [-0.2, -0.15) is 0 Å². The van der Waals surface area contributed by atoms with Gasteiger partial charge < -0.3 is 20.1 Å². The Balaban J connectivity index is 1.68. The van der Waals surface area contributed by atoms with Gasteiger partial charge in [-0.15, -0.1) is 11.3 Å². The number of carbonyl (C=O) groups excluding carboxylic acids is 1. The molecule has 7 nitrogen and oxygen atoms in total. The van der Waals surface area contributed by atoms with E-state index >= 15 is 0 Å². The number of nitrogens with zero attached hydrogens (tertiary/aromatic N) is 2. The molecule has 1 aliphatic rings. The van der Waals surface area contributed by atoms with Crippen LogP contribution in [0.25, 0.3) is 10.2 Å². The minimum absolute atomic E-state index is 0.0629. The number of thiophene rings is 1. The van der Waals surface area contributed by atoms with E-state index in [-0.39, 0.29) is 12.0 Å². The number of fused-ring (bicyclic) bond motifs is 1. The lowest BCUT2D eigenvalue weighted by Crippen LogP contribution is -2.25. The molecule has 2 N–H and O–H groups in total. The molecule has 0 bridgehead atoms. The van der Waals surface area contributed by atoms with Crippen LogP contribution in [0.15, 0.2) is 6.33 Å². The normalized spacial score (nSPS) is 16.9. The van der Waals surface area contributed by atoms with E-state index in [0.29, 0.717) is 24.6 Å². The molecule has 0 aliphatic carbocycles. The smallest absolute Gasteiger partial charge is 0.261 e. The summed E-state index contributed by atoms with van der Waals surface area (Å²) in [6.45, 7) is 7.42. The first-order valence-corrected chi connectivity index (χ1v) is 9.97. The lowest BCUT2D eigenvalue weighted by Gasteiger charge is -2.12. The number of aromatic nitrogens is 2. The summed E-state index contributed by atoms with van der Waals surface area (Å²) in [6, 6.07) is 0. The van der Waals surface area contributed by atoms with Gasteiger partial charge in [-0.25, -0.2) is 9.97 Å². The second kappa shape index (κ2) is 9.25. The van der Waals surface area contributed by atoms with Gasteiger partial charge in [0.25, 0.3) is 5.91 Å². The van der Waals surface area contributed by atoms with E-state index in [4.69, 9.17) is 9.47 Å². The number of ether oxygens (including phenoxy) is 2. The Kier molecular flexibility index (Phi) is 6.76. The van der Waals surface area contributed by atoms with E-state index in [0.717, 1.165) is 54.0 Å². The van der Waals surface area contributed by atoms with Crippen LogP contribution in [-0.2, 0) is 9.47 Å². The molecule has 0 aromatic carbocycles. The topological polar surface area (TPSA) is 85.4 Å². The fraction of sp³-hybridized carbons (Fsp3) is 0.611. The molecular weight excluding hydrogens is 352 g/mol. The van der Waals surface area contributed by atoms with Gasteiger partial charge in [-0.05, 0) is 38.7 Å². The molecule has 0 unspecified atom stereocenters. The van der Waals surface area contributed by atoms with Gasteiger partial charge >= 0.3 is 0 Å². The Hall–Kier alpha value is -1.77. The zero-order valence-electron chi connectivity index (χ0n) is 15.3. The standard InChI is InChI=1S/C18H26N4O3S/c1-3-24-8-5-7-19-17(23)15-12(2)14-16(21-11-22-18(14)26-15)20-10-13-6-4-9-25-13/h11,13H,3-10H2,1-2H3,(H,19,23)(H,20,21,22)/t13-/m1/s1. The number of hydrogen-bond donors (Lipinski definition) is 2. The maximum Gasteiger partial charge on any atom is 0.261 e. The van der Waals surface area contributed by atoms with Gasteiger partial charge in [0.15, 0.2) is 0 Å². The summed E-state index contributed by atoms with van der Waals surface area (Å²) in [6.07, 6.45) is 4.75. The first kappa shape index (κ1) is 19.0. The molecule has 1 amide bonds. The quantitative estimate of drug-likeness (QED) is 0.653. The maximum absolute atomic E-state index is 12.5. The van der Waals surface area contributed by atoms with Gasteiger partial charge in [-0.1, -0.05) is 0 Å². The summed E-state index contributed by atoms with van der Waals surface area (Å²) in [4.78, 5) is 22.8. The Morgan fingerprint density at radius 3 is 3.12 bits per heavy atom. The molecule has 3 heterocycles. The van der Waals surface area contributed by atoms with Crippen LogP contribution < -0.4 is 10.6 Å². The van der Waals surface area contributed by atoms with E-state index in [1.807, 2.05) is 13.8 Å². The van der Waals surface area contributed by atoms with E-state index in [1.54, 1.807) is 6.33 Å². The van der Waals surface area contributed by atoms with Crippen molar-refractivity contribution in [1.82, 2.24) is 15.3 Å². The Morgan fingerprint density at radius 2 is 2.35 bits per heavy atom. The molecule has 0 spiro atoms. The van der Waals surface area contributed by atoms with Gasteiger partial charge in [0.2, 0.25) is 0 Å². The molecule has 2 aromatic heterocycles. The fourth-order valence-corrected chi connectivity index (χ4v) is 4.10. The third kappa shape index (κ3) is 4.49. The number of anilines is 1. The highest BCUT2D eigenvalue weighted by molar-refractivity contribution is 7.20. The number of rotatable bonds is 9. The summed E-state index contributed by atoms with van der Waals surface area (Å²) in [5.74, 6) is 0.710. The molecule has 0 saturated carbocycles. The third-order valence-corrected chi connectivity index (χ3v) is 5.61. The molecule has 1 saturated heterocycles. The average Bonchev–Trinajstić information content (AvgIpc) is 3.28. The van der Waals surface area contributed by atoms with Gasteiger partial charge in [0.1, 0.15) is 17.0 Å². The number of aryl methyl sites for hydroxylation is 1. The van der Waals surface area contributed by atoms with Crippen molar-refractivity contribution in [2.24, 2.45) is 0 Å². The van der Waals surface area contributed by atoms with Crippen LogP contribution in [-0.4, -0.2) is 54.9 Å². The zero-order chi connectivity index (χ0) is 18.4. The first-order valence-electron chi connectivity index (χ1n) is 9.16. The summed E-state index contributed by atoms with van der Waals surface area (Å²) < 4.78 is 10.9. The van der Waals surface area contributed by atoms with Crippen molar-refractivity contribution < 1.29 is 14.3 Å². The Morgan fingerprint density at radius 1 is 1.46 bits per heavy atom. The van der Waals surface area contributed by atoms with Crippen molar-refractivity contribution in [3.8, 4) is 0 Å². The summed E-state index contributed by atoms with van der Waals surface area (Å²) >= 11 is 1.41. The highest BCUT2D eigenvalue weighted by atomic mass is 32.1. The number of amides is 1. The van der Waals surface area contributed by atoms with Crippen molar-refractivity contribution in [2.45, 2.75) is 39.2 Å². The molecule has 142 valence electrons. The van der Waals surface area contributed by atoms with Crippen molar-refractivity contribution in [2.75, 3.05) is 38.2 Å². The minimum atomic E-state index is -0.0629. The predicted molar refractivity (Wildman–Crippen MR) is 103 cm³/mol. The SMILES string of the molecule is CCOCCCNC(=O)c1sc2ncnc(NC[C@H]3CCCO3)c2c1C. The molecular formula is C18H26N4O3S. The Bertz CT molecular complexity index is 743. The summed E-state index contributed by atoms with van der Waals surface area (Å²) in [7, 11) is 0. The zero-order valence-corrected chi connectivity index (χ0v) is 16.2. The molecule has 1 aliphatic heterocycles. The van der Waals surface area contributed by atoms with Crippen molar-refractivity contribution >= 4 is 33.3 Å². The van der Waals surface area contributed by atoms with Gasteiger partial charge in [0, 0.05) is 32.9 Å². The summed E-state index contributed by atoms with van der Waals surface area (Å²) in [5.41, 5.74) is 0.919. The summed E-state index contributed by atoms with van der Waals surface area (Å²) in [5, 5.41) is 7.26. The van der Waals surface area contributed by atoms with Crippen LogP contribution in [0.1, 0.15) is 41.4 Å². The molecule has 2 aromatic rings. The molecule has 26 heavy (non-hydrogen) atoms. The predicted octanol–water partition coefficient (Wildman–Crippen LogP) is 2.75. The van der Waals surface area contributed by atoms with E-state index in [1.165, 1.54) is 11.3 Å². The number of hydrogen-bond acceptors (Lipinski definition) is 7. The van der Waals surface area contributed by atoms with E-state index in [9.17, 15) is 4.79 Å². The highest BCUT2D eigenvalue weighted by Gasteiger charge is 2.20. The molecule has 8 heteroatoms. The molecule has 1 fully saturated rings. The lowest BCUT2D eigenvalue weighted by molar-refractivity contribution is 0.0948. The van der Waals surface area contributed by atoms with Crippen LogP contribution in [0.3, 0.4) is 0 Å². The monoisotopic (exact) mass is 378 g/mol. The second-order valence-electron chi connectivity index (χ2n) is 6.28. The van der Waals surface area contributed by atoms with E-state index < -0.39 is 0 Å². The minimum Gasteiger partial charge on any atom is -0.382 e. The van der Waals surface area contributed by atoms with Crippen LogP contribution >= 0.6 is 11.3 Å². The van der Waals surface area contributed by atoms with Crippen LogP contribution in [0.5, 0.6) is 0 Å². The lowest BCUT2D eigenvalue weighted by atomic mass is 10.2. The van der Waals surface area contributed by atoms with Crippen LogP contribution in [0.4, 0.5) is 5.82 Å². The van der Waals surface area contributed by atoms with Crippen LogP contribution in [0, 0.1) is 6.92 Å². The first-order chi connectivity index (χ1) is 12.7. The van der Waals surface area contributed by atoms with Crippen molar-refractivity contribution in [3.63, 3.8) is 0 Å². The molecule has 3 rings (SSSR count). The largest absolute Gasteiger partial charge is 0.382 e. The molecule has 0 radical (unpaired) electrons. The van der Waals surface area contributed by atoms with Gasteiger partial charge in [0.05, 0.1) is 16.4 Å². The van der Waals surface area contributed by atoms with Crippen molar-refractivity contribution in [1.29, 1.82) is 0 Å². The Labute approximate surface area is 157 Å². The molecule has 1 atom stereocenters. The van der Waals surface area contributed by atoms with Crippen molar-refractivity contribution in [3.05, 3.63) is 16.8 Å². The third-order valence-electron chi connectivity index (χ3n) is 4.41. The number of carbonyl (C=O) groups is 1. The highest BCUT2D eigenvalue weighted by Crippen LogP contribution is 2.33. The fourth-order valence-electron chi connectivity index (χ4n) is 3.04. The second-order valence-corrected chi connectivity index (χ2v) is 7.28. The van der Waals surface area contributed by atoms with E-state index in [2.05, 4.69) is 20.6 Å².